The molecule has 0 bridgehead atoms. The first-order valence-corrected chi connectivity index (χ1v) is 13.0. The summed E-state index contributed by atoms with van der Waals surface area (Å²) in [4.78, 5) is 12.5. The zero-order valence-corrected chi connectivity index (χ0v) is 21.3. The topological polar surface area (TPSA) is 70.3 Å². The summed E-state index contributed by atoms with van der Waals surface area (Å²) in [6, 6.07) is 6.97. The Hall–Kier alpha value is -3.24. The van der Waals surface area contributed by atoms with Gasteiger partial charge >= 0.3 is 0 Å². The molecule has 2 fully saturated rings. The molecule has 0 saturated carbocycles. The summed E-state index contributed by atoms with van der Waals surface area (Å²) in [7, 11) is 0. The summed E-state index contributed by atoms with van der Waals surface area (Å²) in [6.45, 7) is 4.94. The van der Waals surface area contributed by atoms with Crippen molar-refractivity contribution in [2.45, 2.75) is 45.1 Å². The van der Waals surface area contributed by atoms with Crippen molar-refractivity contribution in [2.75, 3.05) is 36.4 Å². The Bertz CT molecular complexity index is 1250. The van der Waals surface area contributed by atoms with Gasteiger partial charge in [-0.3, -0.25) is 9.88 Å². The lowest BCUT2D eigenvalue weighted by molar-refractivity contribution is 0.282. The molecule has 0 aliphatic carbocycles. The molecule has 3 aromatic rings. The molecule has 0 amide bonds. The van der Waals surface area contributed by atoms with Gasteiger partial charge in [0.05, 0.1) is 35.4 Å². The van der Waals surface area contributed by atoms with Crippen molar-refractivity contribution in [3.05, 3.63) is 71.4 Å². The number of alkyl halides is 1. The Kier molecular flexibility index (Phi) is 7.80. The number of nitrogens with one attached hydrogen (secondary N) is 1. The molecule has 3 atom stereocenters. The van der Waals surface area contributed by atoms with Crippen molar-refractivity contribution < 1.29 is 17.6 Å². The van der Waals surface area contributed by atoms with E-state index >= 15 is 8.78 Å². The summed E-state index contributed by atoms with van der Waals surface area (Å²) >= 11 is 0. The third-order valence-corrected chi connectivity index (χ3v) is 7.15. The number of likely N-dealkylation sites (tertiary alicyclic amines) is 1. The van der Waals surface area contributed by atoms with Crippen LogP contribution in [0.3, 0.4) is 0 Å². The number of hydrogen-bond donors (Lipinski definition) is 2. The van der Waals surface area contributed by atoms with Crippen LogP contribution in [0, 0.1) is 23.4 Å². The standard InChI is InChI=1S/C28H32F4N6/c1-17-8-20(33)16-38(13-17)26-4-6-34-12-25(26)35-11-21-2-3-22(30)28(36-21)27-23(31)9-18(10-24(27)32)14-37-7-5-19(29)15-37/h2-4,6,9-10,12,17,19-20,35H,5,7-8,11,13-16,33H2,1H3/t17-,19?,20+/m1/s1. The highest BCUT2D eigenvalue weighted by molar-refractivity contribution is 5.69. The largest absolute Gasteiger partial charge is 0.376 e. The van der Waals surface area contributed by atoms with Crippen LogP contribution in [0.2, 0.25) is 0 Å². The van der Waals surface area contributed by atoms with Crippen LogP contribution >= 0.6 is 0 Å². The number of nitrogens with zero attached hydrogens (tertiary/aromatic N) is 4. The normalized spacial score (nSPS) is 22.2. The van der Waals surface area contributed by atoms with E-state index in [0.29, 0.717) is 30.1 Å². The van der Waals surface area contributed by atoms with Gasteiger partial charge in [-0.1, -0.05) is 6.92 Å². The van der Waals surface area contributed by atoms with Crippen molar-refractivity contribution in [3.63, 3.8) is 0 Å². The SMILES string of the molecule is C[C@@H]1C[C@H](N)CN(c2ccncc2NCc2ccc(F)c(-c3c(F)cc(CN4CCC(F)C4)cc3F)n2)C1. The van der Waals surface area contributed by atoms with Gasteiger partial charge in [0, 0.05) is 45.0 Å². The van der Waals surface area contributed by atoms with E-state index in [1.807, 2.05) is 6.07 Å². The monoisotopic (exact) mass is 528 g/mol. The molecule has 1 aromatic carbocycles. The van der Waals surface area contributed by atoms with Gasteiger partial charge in [-0.15, -0.1) is 0 Å². The van der Waals surface area contributed by atoms with E-state index in [-0.39, 0.29) is 25.7 Å². The summed E-state index contributed by atoms with van der Waals surface area (Å²) in [6.07, 6.45) is 3.87. The number of hydrogen-bond acceptors (Lipinski definition) is 6. The van der Waals surface area contributed by atoms with Gasteiger partial charge in [0.1, 0.15) is 29.3 Å². The Morgan fingerprint density at radius 1 is 1.05 bits per heavy atom. The van der Waals surface area contributed by atoms with E-state index < -0.39 is 34.9 Å². The van der Waals surface area contributed by atoms with E-state index in [1.54, 1.807) is 17.3 Å². The Labute approximate surface area is 219 Å². The molecule has 1 unspecified atom stereocenters. The maximum Gasteiger partial charge on any atom is 0.149 e. The van der Waals surface area contributed by atoms with Crippen LogP contribution in [0.1, 0.15) is 31.0 Å². The lowest BCUT2D eigenvalue weighted by Crippen LogP contribution is -2.46. The van der Waals surface area contributed by atoms with Crippen LogP contribution < -0.4 is 16.0 Å². The van der Waals surface area contributed by atoms with Gasteiger partial charge in [-0.2, -0.15) is 0 Å². The molecule has 6 nitrogen and oxygen atoms in total. The third-order valence-electron chi connectivity index (χ3n) is 7.15. The maximum atomic E-state index is 15.1. The average Bonchev–Trinajstić information content (AvgIpc) is 3.27. The van der Waals surface area contributed by atoms with Gasteiger partial charge in [0.2, 0.25) is 0 Å². The van der Waals surface area contributed by atoms with Gasteiger partial charge < -0.3 is 16.0 Å². The Morgan fingerprint density at radius 2 is 1.84 bits per heavy atom. The van der Waals surface area contributed by atoms with E-state index in [1.165, 1.54) is 18.2 Å². The average molecular weight is 529 g/mol. The van der Waals surface area contributed by atoms with Crippen LogP contribution in [0.15, 0.2) is 42.7 Å². The van der Waals surface area contributed by atoms with Crippen LogP contribution in [0.5, 0.6) is 0 Å². The second-order valence-corrected chi connectivity index (χ2v) is 10.4. The zero-order valence-electron chi connectivity index (χ0n) is 21.3. The van der Waals surface area contributed by atoms with Crippen molar-refractivity contribution >= 4 is 11.4 Å². The number of aromatic nitrogens is 2. The van der Waals surface area contributed by atoms with E-state index in [9.17, 15) is 8.78 Å². The van der Waals surface area contributed by atoms with Crippen LogP contribution in [0.25, 0.3) is 11.3 Å². The van der Waals surface area contributed by atoms with Gasteiger partial charge in [0.25, 0.3) is 0 Å². The molecule has 0 radical (unpaired) electrons. The number of piperidine rings is 1. The minimum absolute atomic E-state index is 0.0771. The fraction of sp³-hybridized carbons (Fsp3) is 0.429. The number of halogens is 4. The molecule has 2 aliphatic rings. The molecule has 38 heavy (non-hydrogen) atoms. The maximum absolute atomic E-state index is 15.1. The second-order valence-electron chi connectivity index (χ2n) is 10.4. The number of pyridine rings is 2. The highest BCUT2D eigenvalue weighted by atomic mass is 19.1. The van der Waals surface area contributed by atoms with Crippen molar-refractivity contribution in [1.82, 2.24) is 14.9 Å². The zero-order chi connectivity index (χ0) is 26.8. The van der Waals surface area contributed by atoms with Crippen molar-refractivity contribution in [3.8, 4) is 11.3 Å². The second kappa shape index (κ2) is 11.2. The van der Waals surface area contributed by atoms with Gasteiger partial charge in [-0.25, -0.2) is 22.5 Å². The summed E-state index contributed by atoms with van der Waals surface area (Å²) in [5.74, 6) is -2.18. The van der Waals surface area contributed by atoms with E-state index in [0.717, 1.165) is 37.0 Å². The highest BCUT2D eigenvalue weighted by Crippen LogP contribution is 2.31. The lowest BCUT2D eigenvalue weighted by Gasteiger charge is -2.37. The molecule has 2 saturated heterocycles. The first-order valence-electron chi connectivity index (χ1n) is 13.0. The first kappa shape index (κ1) is 26.4. The lowest BCUT2D eigenvalue weighted by atomic mass is 9.96. The van der Waals surface area contributed by atoms with Gasteiger partial charge in [-0.05, 0) is 54.7 Å². The predicted molar refractivity (Wildman–Crippen MR) is 140 cm³/mol. The molecule has 0 spiro atoms. The first-order chi connectivity index (χ1) is 18.3. The molecular formula is C28H32F4N6. The minimum Gasteiger partial charge on any atom is -0.376 e. The van der Waals surface area contributed by atoms with Crippen molar-refractivity contribution in [2.24, 2.45) is 11.7 Å². The van der Waals surface area contributed by atoms with Crippen LogP contribution in [-0.2, 0) is 13.1 Å². The molecule has 5 rings (SSSR count). The molecule has 202 valence electrons. The molecular weight excluding hydrogens is 496 g/mol. The summed E-state index contributed by atoms with van der Waals surface area (Å²) < 4.78 is 58.3. The van der Waals surface area contributed by atoms with Crippen LogP contribution in [0.4, 0.5) is 28.9 Å². The summed E-state index contributed by atoms with van der Waals surface area (Å²) in [5, 5.41) is 3.28. The van der Waals surface area contributed by atoms with Crippen molar-refractivity contribution in [1.29, 1.82) is 0 Å². The fourth-order valence-corrected chi connectivity index (χ4v) is 5.47. The smallest absolute Gasteiger partial charge is 0.149 e. The Morgan fingerprint density at radius 3 is 2.55 bits per heavy atom. The molecule has 4 heterocycles. The number of nitrogens with two attached hydrogens (primary N) is 1. The minimum atomic E-state index is -0.928. The predicted octanol–water partition coefficient (Wildman–Crippen LogP) is 4.89. The molecule has 2 aromatic heterocycles. The quantitative estimate of drug-likeness (QED) is 0.426. The number of rotatable bonds is 7. The van der Waals surface area contributed by atoms with E-state index in [4.69, 9.17) is 5.73 Å². The number of anilines is 2. The molecule has 3 N–H and O–H groups in total. The van der Waals surface area contributed by atoms with Crippen LogP contribution in [-0.4, -0.2) is 53.3 Å². The fourth-order valence-electron chi connectivity index (χ4n) is 5.47. The number of benzene rings is 1. The Balaban J connectivity index is 1.34. The third kappa shape index (κ3) is 5.91. The van der Waals surface area contributed by atoms with E-state index in [2.05, 4.69) is 27.1 Å². The molecule has 10 heteroatoms. The summed E-state index contributed by atoms with van der Waals surface area (Å²) in [5.41, 5.74) is 7.82. The molecule has 2 aliphatic heterocycles. The van der Waals surface area contributed by atoms with Gasteiger partial charge in [0.15, 0.2) is 0 Å². The highest BCUT2D eigenvalue weighted by Gasteiger charge is 2.25.